The number of carbonyl (C=O) groups is 1. The number of carbonyl (C=O) groups excluding carboxylic acids is 1. The van der Waals surface area contributed by atoms with E-state index in [1.165, 1.54) is 6.08 Å². The first-order valence-electron chi connectivity index (χ1n) is 12.1. The van der Waals surface area contributed by atoms with Crippen molar-refractivity contribution in [1.29, 1.82) is 0 Å². The van der Waals surface area contributed by atoms with Crippen molar-refractivity contribution >= 4 is 28.9 Å². The van der Waals surface area contributed by atoms with Gasteiger partial charge < -0.3 is 29.9 Å². The highest BCUT2D eigenvalue weighted by atomic mass is 16.5. The van der Waals surface area contributed by atoms with Crippen LogP contribution in [0.1, 0.15) is 16.8 Å². The van der Waals surface area contributed by atoms with Crippen LogP contribution in [0.4, 0.5) is 23.0 Å². The molecule has 0 spiro atoms. The van der Waals surface area contributed by atoms with Crippen LogP contribution in [0.15, 0.2) is 37.2 Å². The monoisotopic (exact) mass is 506 g/mol. The zero-order valence-electron chi connectivity index (χ0n) is 22.0. The molecule has 1 amide bonds. The maximum atomic E-state index is 12.2. The average molecular weight is 507 g/mol. The Labute approximate surface area is 217 Å². The molecule has 0 aliphatic carbocycles. The van der Waals surface area contributed by atoms with Crippen LogP contribution >= 0.6 is 0 Å². The van der Waals surface area contributed by atoms with E-state index in [-0.39, 0.29) is 5.91 Å². The van der Waals surface area contributed by atoms with Crippen LogP contribution in [0, 0.1) is 13.8 Å². The van der Waals surface area contributed by atoms with E-state index in [2.05, 4.69) is 37.1 Å². The SMILES string of the molecule is C=CC(=O)Nc1cc(Nc2ncc(C)c(-n3cc(CN(C)C)c(C)n3)n2)c(OC)cc1N1CCOCC1. The molecule has 11 heteroatoms. The van der Waals surface area contributed by atoms with E-state index >= 15 is 0 Å². The summed E-state index contributed by atoms with van der Waals surface area (Å²) in [6.45, 7) is 10.9. The van der Waals surface area contributed by atoms with Crippen molar-refractivity contribution in [1.82, 2.24) is 24.6 Å². The second-order valence-corrected chi connectivity index (χ2v) is 9.11. The Morgan fingerprint density at radius 2 is 2.00 bits per heavy atom. The predicted molar refractivity (Wildman–Crippen MR) is 144 cm³/mol. The Morgan fingerprint density at radius 3 is 2.68 bits per heavy atom. The first-order chi connectivity index (χ1) is 17.8. The molecule has 1 aliphatic heterocycles. The Balaban J connectivity index is 1.69. The molecule has 2 aromatic heterocycles. The summed E-state index contributed by atoms with van der Waals surface area (Å²) in [4.78, 5) is 25.7. The fourth-order valence-electron chi connectivity index (χ4n) is 4.13. The fourth-order valence-corrected chi connectivity index (χ4v) is 4.13. The van der Waals surface area contributed by atoms with E-state index in [4.69, 9.17) is 14.5 Å². The smallest absolute Gasteiger partial charge is 0.247 e. The quantitative estimate of drug-likeness (QED) is 0.423. The summed E-state index contributed by atoms with van der Waals surface area (Å²) in [6, 6.07) is 3.72. The van der Waals surface area contributed by atoms with Gasteiger partial charge in [-0.15, -0.1) is 0 Å². The average Bonchev–Trinajstić information content (AvgIpc) is 3.24. The highest BCUT2D eigenvalue weighted by molar-refractivity contribution is 6.02. The van der Waals surface area contributed by atoms with Crippen LogP contribution in [0.2, 0.25) is 0 Å². The summed E-state index contributed by atoms with van der Waals surface area (Å²) >= 11 is 0. The number of aryl methyl sites for hydroxylation is 2. The third kappa shape index (κ3) is 6.07. The molecular weight excluding hydrogens is 472 g/mol. The zero-order valence-corrected chi connectivity index (χ0v) is 22.0. The molecule has 196 valence electrons. The molecular formula is C26H34N8O3. The van der Waals surface area contributed by atoms with Crippen LogP contribution in [0.25, 0.3) is 5.82 Å². The molecule has 11 nitrogen and oxygen atoms in total. The van der Waals surface area contributed by atoms with Gasteiger partial charge in [0.2, 0.25) is 11.9 Å². The topological polar surface area (TPSA) is 110 Å². The molecule has 0 radical (unpaired) electrons. The molecule has 0 saturated carbocycles. The summed E-state index contributed by atoms with van der Waals surface area (Å²) in [5.41, 5.74) is 5.03. The minimum absolute atomic E-state index is 0.304. The van der Waals surface area contributed by atoms with E-state index < -0.39 is 0 Å². The number of hydrogen-bond acceptors (Lipinski definition) is 9. The number of anilines is 4. The lowest BCUT2D eigenvalue weighted by Gasteiger charge is -2.31. The van der Waals surface area contributed by atoms with E-state index in [0.29, 0.717) is 55.2 Å². The van der Waals surface area contributed by atoms with Crippen molar-refractivity contribution in [3.05, 3.63) is 54.0 Å². The Morgan fingerprint density at radius 1 is 1.24 bits per heavy atom. The number of ether oxygens (including phenoxy) is 2. The highest BCUT2D eigenvalue weighted by Gasteiger charge is 2.20. The fraction of sp³-hybridized carbons (Fsp3) is 0.385. The van der Waals surface area contributed by atoms with Gasteiger partial charge in [-0.3, -0.25) is 4.79 Å². The number of rotatable bonds is 9. The lowest BCUT2D eigenvalue weighted by atomic mass is 10.1. The van der Waals surface area contributed by atoms with Crippen LogP contribution in [0.3, 0.4) is 0 Å². The van der Waals surface area contributed by atoms with Gasteiger partial charge in [0.15, 0.2) is 5.82 Å². The largest absolute Gasteiger partial charge is 0.494 e. The third-order valence-electron chi connectivity index (χ3n) is 6.01. The molecule has 0 atom stereocenters. The van der Waals surface area contributed by atoms with Crippen LogP contribution in [0.5, 0.6) is 5.75 Å². The first-order valence-corrected chi connectivity index (χ1v) is 12.1. The number of amides is 1. The molecule has 2 N–H and O–H groups in total. The van der Waals surface area contributed by atoms with Gasteiger partial charge in [0.1, 0.15) is 5.75 Å². The van der Waals surface area contributed by atoms with Crippen molar-refractivity contribution in [3.63, 3.8) is 0 Å². The summed E-state index contributed by atoms with van der Waals surface area (Å²) in [6.07, 6.45) is 4.99. The summed E-state index contributed by atoms with van der Waals surface area (Å²) in [5, 5.41) is 10.8. The molecule has 3 aromatic rings. The summed E-state index contributed by atoms with van der Waals surface area (Å²) < 4.78 is 13.0. The van der Waals surface area contributed by atoms with Gasteiger partial charge in [-0.1, -0.05) is 6.58 Å². The maximum Gasteiger partial charge on any atom is 0.247 e. The van der Waals surface area contributed by atoms with Gasteiger partial charge in [-0.05, 0) is 40.1 Å². The molecule has 0 unspecified atom stereocenters. The van der Waals surface area contributed by atoms with Crippen LogP contribution in [-0.2, 0) is 16.1 Å². The van der Waals surface area contributed by atoms with Crippen molar-refractivity contribution in [2.45, 2.75) is 20.4 Å². The lowest BCUT2D eigenvalue weighted by molar-refractivity contribution is -0.111. The van der Waals surface area contributed by atoms with Gasteiger partial charge in [0.05, 0.1) is 43.1 Å². The standard InChI is InChI=1S/C26H34N8O3/c1-7-24(35)28-20-12-21(23(36-6)13-22(20)33-8-10-37-11-9-33)29-26-27-14-17(2)25(30-26)34-16-19(15-32(4)5)18(3)31-34/h7,12-14,16H,1,8-11,15H2,2-6H3,(H,28,35)(H,27,29,30). The predicted octanol–water partition coefficient (Wildman–Crippen LogP) is 3.05. The van der Waals surface area contributed by atoms with Crippen LogP contribution < -0.4 is 20.3 Å². The number of nitrogens with one attached hydrogen (secondary N) is 2. The van der Waals surface area contributed by atoms with Crippen molar-refractivity contribution < 1.29 is 14.3 Å². The normalized spacial score (nSPS) is 13.5. The van der Waals surface area contributed by atoms with Crippen molar-refractivity contribution in [3.8, 4) is 11.6 Å². The van der Waals surface area contributed by atoms with E-state index in [0.717, 1.165) is 29.1 Å². The minimum Gasteiger partial charge on any atom is -0.494 e. The second kappa shape index (κ2) is 11.4. The van der Waals surface area contributed by atoms with Crippen molar-refractivity contribution in [2.75, 3.05) is 63.0 Å². The number of hydrogen-bond donors (Lipinski definition) is 2. The number of morpholine rings is 1. The number of benzene rings is 1. The van der Waals surface area contributed by atoms with Gasteiger partial charge in [-0.2, -0.15) is 10.1 Å². The van der Waals surface area contributed by atoms with Gasteiger partial charge >= 0.3 is 0 Å². The van der Waals surface area contributed by atoms with E-state index in [1.807, 2.05) is 46.3 Å². The van der Waals surface area contributed by atoms with Gasteiger partial charge in [0, 0.05) is 49.2 Å². The highest BCUT2D eigenvalue weighted by Crippen LogP contribution is 2.38. The molecule has 1 aromatic carbocycles. The van der Waals surface area contributed by atoms with Crippen molar-refractivity contribution in [2.24, 2.45) is 0 Å². The zero-order chi connectivity index (χ0) is 26.5. The summed E-state index contributed by atoms with van der Waals surface area (Å²) in [5.74, 6) is 1.34. The second-order valence-electron chi connectivity index (χ2n) is 9.11. The van der Waals surface area contributed by atoms with Gasteiger partial charge in [0.25, 0.3) is 0 Å². The molecule has 1 fully saturated rings. The molecule has 0 bridgehead atoms. The van der Waals surface area contributed by atoms with E-state index in [1.54, 1.807) is 18.0 Å². The third-order valence-corrected chi connectivity index (χ3v) is 6.01. The van der Waals surface area contributed by atoms with Crippen LogP contribution in [-0.4, -0.2) is 78.1 Å². The summed E-state index contributed by atoms with van der Waals surface area (Å²) in [7, 11) is 5.65. The number of methoxy groups -OCH3 is 1. The Hall–Kier alpha value is -3.96. The Kier molecular flexibility index (Phi) is 8.04. The number of nitrogens with zero attached hydrogens (tertiary/aromatic N) is 6. The molecule has 37 heavy (non-hydrogen) atoms. The van der Waals surface area contributed by atoms with Gasteiger partial charge in [-0.25, -0.2) is 9.67 Å². The maximum absolute atomic E-state index is 12.2. The minimum atomic E-state index is -0.304. The molecule has 4 rings (SSSR count). The molecule has 3 heterocycles. The molecule has 1 saturated heterocycles. The first kappa shape index (κ1) is 26.1. The lowest BCUT2D eigenvalue weighted by Crippen LogP contribution is -2.36. The number of aromatic nitrogens is 4. The molecule has 1 aliphatic rings. The van der Waals surface area contributed by atoms with E-state index in [9.17, 15) is 4.79 Å². The Bertz CT molecular complexity index is 1280.